The Kier molecular flexibility index (Phi) is 7.41. The monoisotopic (exact) mass is 433 g/mol. The zero-order chi connectivity index (χ0) is 21.6. The second-order valence-electron chi connectivity index (χ2n) is 7.42. The average Bonchev–Trinajstić information content (AvgIpc) is 2.75. The normalized spacial score (nSPS) is 16.2. The van der Waals surface area contributed by atoms with Crippen molar-refractivity contribution in [1.82, 2.24) is 9.62 Å². The highest BCUT2D eigenvalue weighted by atomic mass is 32.2. The van der Waals surface area contributed by atoms with Crippen LogP contribution in [0.2, 0.25) is 0 Å². The zero-order valence-electron chi connectivity index (χ0n) is 17.0. The zero-order valence-corrected chi connectivity index (χ0v) is 17.8. The van der Waals surface area contributed by atoms with E-state index in [1.807, 2.05) is 24.3 Å². The minimum atomic E-state index is -3.59. The smallest absolute Gasteiger partial charge is 0.269 e. The van der Waals surface area contributed by atoms with Gasteiger partial charge in [-0.1, -0.05) is 30.7 Å². The molecule has 1 fully saturated rings. The fourth-order valence-corrected chi connectivity index (χ4v) is 4.85. The molecule has 0 aliphatic carbocycles. The Balaban J connectivity index is 1.70. The molecule has 0 radical (unpaired) electrons. The molecule has 2 aromatic rings. The highest BCUT2D eigenvalue weighted by Gasteiger charge is 2.24. The van der Waals surface area contributed by atoms with Gasteiger partial charge in [0.25, 0.3) is 5.69 Å². The third kappa shape index (κ3) is 6.01. The Bertz CT molecular complexity index is 940. The number of ether oxygens (including phenoxy) is 1. The van der Waals surface area contributed by atoms with Crippen LogP contribution < -0.4 is 9.46 Å². The molecule has 0 aromatic heterocycles. The van der Waals surface area contributed by atoms with Crippen LogP contribution in [-0.4, -0.2) is 45.0 Å². The molecule has 1 unspecified atom stereocenters. The maximum absolute atomic E-state index is 12.7. The number of nitrogens with one attached hydrogen (secondary N) is 1. The Morgan fingerprint density at radius 3 is 2.27 bits per heavy atom. The molecule has 0 spiro atoms. The van der Waals surface area contributed by atoms with Crippen molar-refractivity contribution in [3.8, 4) is 5.75 Å². The highest BCUT2D eigenvalue weighted by Crippen LogP contribution is 2.26. The van der Waals surface area contributed by atoms with E-state index >= 15 is 0 Å². The van der Waals surface area contributed by atoms with Crippen LogP contribution in [0.4, 0.5) is 5.69 Å². The van der Waals surface area contributed by atoms with E-state index in [9.17, 15) is 18.5 Å². The number of methoxy groups -OCH3 is 1. The lowest BCUT2D eigenvalue weighted by molar-refractivity contribution is -0.384. The molecule has 1 aliphatic rings. The summed E-state index contributed by atoms with van der Waals surface area (Å²) in [5.41, 5.74) is 1.48. The van der Waals surface area contributed by atoms with Gasteiger partial charge in [0.15, 0.2) is 0 Å². The van der Waals surface area contributed by atoms with E-state index < -0.39 is 14.9 Å². The Hall–Kier alpha value is -2.49. The first-order valence-corrected chi connectivity index (χ1v) is 11.6. The number of sulfonamides is 1. The average molecular weight is 434 g/mol. The number of benzene rings is 2. The molecule has 0 amide bonds. The van der Waals surface area contributed by atoms with Gasteiger partial charge in [-0.05, 0) is 49.2 Å². The highest BCUT2D eigenvalue weighted by molar-refractivity contribution is 7.88. The molecule has 9 heteroatoms. The van der Waals surface area contributed by atoms with Crippen molar-refractivity contribution in [2.24, 2.45) is 0 Å². The number of nitrogens with zero attached hydrogens (tertiary/aromatic N) is 2. The lowest BCUT2D eigenvalue weighted by Gasteiger charge is -2.35. The van der Waals surface area contributed by atoms with Gasteiger partial charge >= 0.3 is 0 Å². The summed E-state index contributed by atoms with van der Waals surface area (Å²) in [7, 11) is -1.98. The predicted octanol–water partition coefficient (Wildman–Crippen LogP) is 3.25. The maximum Gasteiger partial charge on any atom is 0.269 e. The van der Waals surface area contributed by atoms with E-state index in [0.29, 0.717) is 5.56 Å². The van der Waals surface area contributed by atoms with Crippen LogP contribution in [0.1, 0.15) is 36.4 Å². The van der Waals surface area contributed by atoms with Crippen LogP contribution in [0.3, 0.4) is 0 Å². The standard InChI is InChI=1S/C21H27N3O5S/c1-29-20-11-7-18(8-12-20)21(23-13-3-2-4-14-23)15-22-30(27,28)16-17-5-9-19(10-6-17)24(25)26/h5-12,21-22H,2-4,13-16H2,1H3. The topological polar surface area (TPSA) is 102 Å². The molecule has 3 rings (SSSR count). The van der Waals surface area contributed by atoms with Crippen molar-refractivity contribution in [2.45, 2.75) is 31.1 Å². The molecule has 1 saturated heterocycles. The van der Waals surface area contributed by atoms with Crippen molar-refractivity contribution in [3.05, 3.63) is 69.8 Å². The van der Waals surface area contributed by atoms with E-state index in [0.717, 1.165) is 37.2 Å². The van der Waals surface area contributed by atoms with Gasteiger partial charge in [-0.25, -0.2) is 13.1 Å². The van der Waals surface area contributed by atoms with E-state index in [-0.39, 0.29) is 24.0 Å². The fraction of sp³-hybridized carbons (Fsp3) is 0.429. The van der Waals surface area contributed by atoms with Gasteiger partial charge < -0.3 is 4.74 Å². The van der Waals surface area contributed by atoms with Crippen LogP contribution in [0, 0.1) is 10.1 Å². The fourth-order valence-electron chi connectivity index (χ4n) is 3.70. The van der Waals surface area contributed by atoms with Gasteiger partial charge in [-0.3, -0.25) is 15.0 Å². The first kappa shape index (κ1) is 22.2. The second-order valence-corrected chi connectivity index (χ2v) is 9.22. The van der Waals surface area contributed by atoms with Crippen molar-refractivity contribution >= 4 is 15.7 Å². The number of piperidine rings is 1. The summed E-state index contributed by atoms with van der Waals surface area (Å²) in [5, 5.41) is 10.8. The molecule has 1 aliphatic heterocycles. The van der Waals surface area contributed by atoms with Crippen LogP contribution in [0.25, 0.3) is 0 Å². The van der Waals surface area contributed by atoms with E-state index in [4.69, 9.17) is 4.74 Å². The number of nitro benzene ring substituents is 1. The van der Waals surface area contributed by atoms with Gasteiger partial charge in [0.1, 0.15) is 5.75 Å². The molecular formula is C21H27N3O5S. The molecule has 8 nitrogen and oxygen atoms in total. The summed E-state index contributed by atoms with van der Waals surface area (Å²) in [6.45, 7) is 2.13. The maximum atomic E-state index is 12.7. The summed E-state index contributed by atoms with van der Waals surface area (Å²) < 4.78 is 33.3. The van der Waals surface area contributed by atoms with Crippen molar-refractivity contribution in [3.63, 3.8) is 0 Å². The van der Waals surface area contributed by atoms with Crippen LogP contribution >= 0.6 is 0 Å². The molecule has 30 heavy (non-hydrogen) atoms. The van der Waals surface area contributed by atoms with E-state index in [1.165, 1.54) is 30.7 Å². The van der Waals surface area contributed by atoms with E-state index in [2.05, 4.69) is 9.62 Å². The Labute approximate surface area is 177 Å². The summed E-state index contributed by atoms with van der Waals surface area (Å²) in [6, 6.07) is 13.2. The summed E-state index contributed by atoms with van der Waals surface area (Å²) in [6.07, 6.45) is 3.39. The second kappa shape index (κ2) is 10.0. The quantitative estimate of drug-likeness (QED) is 0.481. The van der Waals surface area contributed by atoms with Crippen molar-refractivity contribution in [2.75, 3.05) is 26.7 Å². The van der Waals surface area contributed by atoms with Crippen LogP contribution in [0.5, 0.6) is 5.75 Å². The lowest BCUT2D eigenvalue weighted by atomic mass is 10.0. The number of hydrogen-bond donors (Lipinski definition) is 1. The first-order valence-electron chi connectivity index (χ1n) is 9.96. The number of nitro groups is 1. The summed E-state index contributed by atoms with van der Waals surface area (Å²) in [4.78, 5) is 12.6. The molecule has 1 heterocycles. The van der Waals surface area contributed by atoms with Gasteiger partial charge in [-0.15, -0.1) is 0 Å². The lowest BCUT2D eigenvalue weighted by Crippen LogP contribution is -2.40. The number of rotatable bonds is 9. The number of likely N-dealkylation sites (tertiary alicyclic amines) is 1. The molecule has 0 bridgehead atoms. The Morgan fingerprint density at radius 2 is 1.70 bits per heavy atom. The largest absolute Gasteiger partial charge is 0.497 e. The summed E-state index contributed by atoms with van der Waals surface area (Å²) >= 11 is 0. The van der Waals surface area contributed by atoms with Gasteiger partial charge in [0.2, 0.25) is 10.0 Å². The minimum Gasteiger partial charge on any atom is -0.497 e. The minimum absolute atomic E-state index is 0.0613. The first-order chi connectivity index (χ1) is 14.4. The van der Waals surface area contributed by atoms with Crippen LogP contribution in [-0.2, 0) is 15.8 Å². The molecule has 2 aromatic carbocycles. The molecule has 0 saturated carbocycles. The number of non-ortho nitro benzene ring substituents is 1. The number of hydrogen-bond acceptors (Lipinski definition) is 6. The Morgan fingerprint density at radius 1 is 1.07 bits per heavy atom. The SMILES string of the molecule is COc1ccc(C(CNS(=O)(=O)Cc2ccc([N+](=O)[O-])cc2)N2CCCCC2)cc1. The van der Waals surface area contributed by atoms with E-state index in [1.54, 1.807) is 7.11 Å². The molecule has 1 atom stereocenters. The van der Waals surface area contributed by atoms with Gasteiger partial charge in [-0.2, -0.15) is 0 Å². The molecular weight excluding hydrogens is 406 g/mol. The van der Waals surface area contributed by atoms with Crippen molar-refractivity contribution in [1.29, 1.82) is 0 Å². The third-order valence-corrected chi connectivity index (χ3v) is 6.65. The third-order valence-electron chi connectivity index (χ3n) is 5.33. The van der Waals surface area contributed by atoms with Crippen LogP contribution in [0.15, 0.2) is 48.5 Å². The predicted molar refractivity (Wildman–Crippen MR) is 115 cm³/mol. The summed E-state index contributed by atoms with van der Waals surface area (Å²) in [5.74, 6) is 0.537. The van der Waals surface area contributed by atoms with Gasteiger partial charge in [0, 0.05) is 24.7 Å². The molecule has 162 valence electrons. The molecule has 1 N–H and O–H groups in total. The van der Waals surface area contributed by atoms with Gasteiger partial charge in [0.05, 0.1) is 17.8 Å². The van der Waals surface area contributed by atoms with Crippen molar-refractivity contribution < 1.29 is 18.1 Å².